The number of nitrogens with two attached hydrogens (primary N) is 1. The molecule has 1 unspecified atom stereocenters. The molecule has 1 saturated carbocycles. The van der Waals surface area contributed by atoms with E-state index in [0.717, 1.165) is 13.1 Å². The Morgan fingerprint density at radius 3 is 2.95 bits per heavy atom. The fraction of sp³-hybridized carbons (Fsp3) is 0.692. The molecule has 1 aliphatic heterocycles. The Bertz CT molecular complexity index is 509. The van der Waals surface area contributed by atoms with Crippen LogP contribution >= 0.6 is 0 Å². The van der Waals surface area contributed by atoms with Gasteiger partial charge in [0, 0.05) is 43.9 Å². The van der Waals surface area contributed by atoms with Crippen LogP contribution in [-0.2, 0) is 18.4 Å². The summed E-state index contributed by atoms with van der Waals surface area (Å²) in [6, 6.07) is 0. The quantitative estimate of drug-likeness (QED) is 0.816. The van der Waals surface area contributed by atoms with Crippen molar-refractivity contribution in [3.05, 3.63) is 17.5 Å². The van der Waals surface area contributed by atoms with Crippen molar-refractivity contribution in [2.75, 3.05) is 13.1 Å². The summed E-state index contributed by atoms with van der Waals surface area (Å²) in [5.74, 6) is -0.254. The Kier molecular flexibility index (Phi) is 2.87. The number of carboxylic acids is 1. The lowest BCUT2D eigenvalue weighted by Crippen LogP contribution is -2.50. The Balaban J connectivity index is 1.71. The summed E-state index contributed by atoms with van der Waals surface area (Å²) in [7, 11) is 1.98. The second-order valence-corrected chi connectivity index (χ2v) is 5.87. The van der Waals surface area contributed by atoms with E-state index in [1.54, 1.807) is 0 Å². The Morgan fingerprint density at radius 2 is 2.37 bits per heavy atom. The van der Waals surface area contributed by atoms with Gasteiger partial charge >= 0.3 is 5.97 Å². The van der Waals surface area contributed by atoms with Crippen molar-refractivity contribution in [1.82, 2.24) is 14.7 Å². The average molecular weight is 264 g/mol. The molecule has 6 nitrogen and oxygen atoms in total. The van der Waals surface area contributed by atoms with Crippen LogP contribution in [0.5, 0.6) is 0 Å². The largest absolute Gasteiger partial charge is 0.480 e. The molecule has 0 bridgehead atoms. The van der Waals surface area contributed by atoms with Crippen LogP contribution in [0.25, 0.3) is 0 Å². The molecular formula is C13H20N4O2. The Hall–Kier alpha value is -1.40. The third-order valence-corrected chi connectivity index (χ3v) is 4.23. The van der Waals surface area contributed by atoms with E-state index >= 15 is 0 Å². The maximum Gasteiger partial charge on any atom is 0.325 e. The number of hydrogen-bond acceptors (Lipinski definition) is 4. The summed E-state index contributed by atoms with van der Waals surface area (Å²) in [6.07, 6.45) is 4.90. The van der Waals surface area contributed by atoms with Gasteiger partial charge in [0.25, 0.3) is 0 Å². The number of carboxylic acid groups (broad SMARTS) is 1. The maximum atomic E-state index is 11.1. The number of aryl methyl sites for hydroxylation is 1. The van der Waals surface area contributed by atoms with E-state index in [1.807, 2.05) is 17.9 Å². The number of aliphatic carboxylic acids is 1. The minimum atomic E-state index is -1.08. The fourth-order valence-electron chi connectivity index (χ4n) is 2.96. The van der Waals surface area contributed by atoms with E-state index in [2.05, 4.69) is 10.00 Å². The first-order valence-electron chi connectivity index (χ1n) is 6.75. The summed E-state index contributed by atoms with van der Waals surface area (Å²) in [5.41, 5.74) is 7.35. The first-order valence-corrected chi connectivity index (χ1v) is 6.75. The molecule has 2 heterocycles. The van der Waals surface area contributed by atoms with Gasteiger partial charge in [-0.15, -0.1) is 0 Å². The van der Waals surface area contributed by atoms with Crippen LogP contribution in [0.1, 0.15) is 36.4 Å². The first kappa shape index (κ1) is 12.6. The lowest BCUT2D eigenvalue weighted by atomic mass is 10.0. The molecule has 0 amide bonds. The first-order chi connectivity index (χ1) is 8.99. The lowest BCUT2D eigenvalue weighted by molar-refractivity contribution is -0.142. The SMILES string of the molecule is Cn1ncc(CN2CCC(N)(C(=O)O)C2)c1C1CC1. The highest BCUT2D eigenvalue weighted by Crippen LogP contribution is 2.41. The van der Waals surface area contributed by atoms with E-state index < -0.39 is 11.5 Å². The molecule has 0 aromatic carbocycles. The normalized spacial score (nSPS) is 27.9. The second-order valence-electron chi connectivity index (χ2n) is 5.87. The van der Waals surface area contributed by atoms with E-state index in [0.29, 0.717) is 18.9 Å². The zero-order valence-electron chi connectivity index (χ0n) is 11.2. The van der Waals surface area contributed by atoms with Crippen molar-refractivity contribution in [1.29, 1.82) is 0 Å². The highest BCUT2D eigenvalue weighted by Gasteiger charge is 2.41. The fourth-order valence-corrected chi connectivity index (χ4v) is 2.96. The molecule has 104 valence electrons. The van der Waals surface area contributed by atoms with Crippen LogP contribution in [-0.4, -0.2) is 44.4 Å². The predicted molar refractivity (Wildman–Crippen MR) is 69.6 cm³/mol. The number of carbonyl (C=O) groups is 1. The molecule has 1 aliphatic carbocycles. The number of hydrogen-bond donors (Lipinski definition) is 2. The molecule has 6 heteroatoms. The van der Waals surface area contributed by atoms with Gasteiger partial charge in [0.15, 0.2) is 0 Å². The molecule has 1 aromatic rings. The van der Waals surface area contributed by atoms with Crippen LogP contribution in [0, 0.1) is 0 Å². The molecule has 2 aliphatic rings. The summed E-state index contributed by atoms with van der Waals surface area (Å²) in [5, 5.41) is 13.5. The summed E-state index contributed by atoms with van der Waals surface area (Å²) >= 11 is 0. The van der Waals surface area contributed by atoms with Gasteiger partial charge in [0.2, 0.25) is 0 Å². The number of likely N-dealkylation sites (tertiary alicyclic amines) is 1. The minimum Gasteiger partial charge on any atom is -0.480 e. The summed E-state index contributed by atoms with van der Waals surface area (Å²) < 4.78 is 1.95. The van der Waals surface area contributed by atoms with Gasteiger partial charge in [0.05, 0.1) is 6.20 Å². The van der Waals surface area contributed by atoms with Gasteiger partial charge in [-0.25, -0.2) is 0 Å². The van der Waals surface area contributed by atoms with Crippen LogP contribution in [0.15, 0.2) is 6.20 Å². The van der Waals surface area contributed by atoms with Crippen molar-refractivity contribution in [3.63, 3.8) is 0 Å². The standard InChI is InChI=1S/C13H20N4O2/c1-16-11(9-2-3-9)10(6-15-16)7-17-5-4-13(14,8-17)12(18)19/h6,9H,2-5,7-8,14H2,1H3,(H,18,19). The monoisotopic (exact) mass is 264 g/mol. The van der Waals surface area contributed by atoms with Crippen molar-refractivity contribution >= 4 is 5.97 Å². The van der Waals surface area contributed by atoms with Crippen LogP contribution in [0.4, 0.5) is 0 Å². The van der Waals surface area contributed by atoms with Crippen LogP contribution in [0.2, 0.25) is 0 Å². The average Bonchev–Trinajstić information content (AvgIpc) is 3.02. The Morgan fingerprint density at radius 1 is 1.63 bits per heavy atom. The predicted octanol–water partition coefficient (Wildman–Crippen LogP) is 0.285. The molecule has 0 radical (unpaired) electrons. The Labute approximate surface area is 112 Å². The lowest BCUT2D eigenvalue weighted by Gasteiger charge is -2.20. The number of nitrogens with zero attached hydrogens (tertiary/aromatic N) is 3. The van der Waals surface area contributed by atoms with Gasteiger partial charge in [-0.2, -0.15) is 5.10 Å². The molecule has 0 spiro atoms. The van der Waals surface area contributed by atoms with Crippen LogP contribution in [0.3, 0.4) is 0 Å². The number of rotatable bonds is 4. The third-order valence-electron chi connectivity index (χ3n) is 4.23. The molecule has 1 atom stereocenters. The summed E-state index contributed by atoms with van der Waals surface area (Å²) in [6.45, 7) is 1.91. The van der Waals surface area contributed by atoms with Gasteiger partial charge in [-0.3, -0.25) is 14.4 Å². The smallest absolute Gasteiger partial charge is 0.325 e. The van der Waals surface area contributed by atoms with E-state index in [1.165, 1.54) is 24.1 Å². The number of aromatic nitrogens is 2. The zero-order chi connectivity index (χ0) is 13.6. The minimum absolute atomic E-state index is 0.418. The molecule has 1 aromatic heterocycles. The molecule has 3 rings (SSSR count). The van der Waals surface area contributed by atoms with E-state index in [4.69, 9.17) is 10.8 Å². The molecule has 19 heavy (non-hydrogen) atoms. The maximum absolute atomic E-state index is 11.1. The topological polar surface area (TPSA) is 84.4 Å². The van der Waals surface area contributed by atoms with Crippen molar-refractivity contribution in [2.24, 2.45) is 12.8 Å². The van der Waals surface area contributed by atoms with Gasteiger partial charge in [0.1, 0.15) is 5.54 Å². The highest BCUT2D eigenvalue weighted by molar-refractivity contribution is 5.79. The molecule has 1 saturated heterocycles. The van der Waals surface area contributed by atoms with E-state index in [-0.39, 0.29) is 0 Å². The van der Waals surface area contributed by atoms with E-state index in [9.17, 15) is 4.79 Å². The van der Waals surface area contributed by atoms with Crippen molar-refractivity contribution < 1.29 is 9.90 Å². The van der Waals surface area contributed by atoms with Gasteiger partial charge in [-0.1, -0.05) is 0 Å². The zero-order valence-corrected chi connectivity index (χ0v) is 11.2. The van der Waals surface area contributed by atoms with Gasteiger partial charge in [-0.05, 0) is 19.3 Å². The summed E-state index contributed by atoms with van der Waals surface area (Å²) in [4.78, 5) is 13.3. The van der Waals surface area contributed by atoms with Crippen molar-refractivity contribution in [3.8, 4) is 0 Å². The van der Waals surface area contributed by atoms with Crippen LogP contribution < -0.4 is 5.73 Å². The molecule has 2 fully saturated rings. The highest BCUT2D eigenvalue weighted by atomic mass is 16.4. The second kappa shape index (κ2) is 4.31. The third kappa shape index (κ3) is 2.26. The van der Waals surface area contributed by atoms with Crippen molar-refractivity contribution in [2.45, 2.75) is 37.3 Å². The van der Waals surface area contributed by atoms with Gasteiger partial charge < -0.3 is 10.8 Å². The molecular weight excluding hydrogens is 244 g/mol. The molecule has 3 N–H and O–H groups in total.